The van der Waals surface area contributed by atoms with Gasteiger partial charge in [0.1, 0.15) is 6.04 Å². The van der Waals surface area contributed by atoms with Gasteiger partial charge in [0.25, 0.3) is 0 Å². The minimum Gasteiger partial charge on any atom is -0.354 e. The fraction of sp³-hybridized carbons (Fsp3) is 0.333. The maximum atomic E-state index is 13.1. The molecule has 28 heavy (non-hydrogen) atoms. The van der Waals surface area contributed by atoms with Gasteiger partial charge < -0.3 is 10.2 Å². The third-order valence-corrected chi connectivity index (χ3v) is 5.46. The molecule has 0 aromatic heterocycles. The van der Waals surface area contributed by atoms with Crippen molar-refractivity contribution in [2.24, 2.45) is 0 Å². The van der Waals surface area contributed by atoms with E-state index in [1.165, 1.54) is 4.90 Å². The number of nitrogens with one attached hydrogen (secondary N) is 1. The van der Waals surface area contributed by atoms with Crippen molar-refractivity contribution < 1.29 is 9.59 Å². The van der Waals surface area contributed by atoms with Crippen LogP contribution >= 0.6 is 34.8 Å². The second kappa shape index (κ2) is 10.7. The molecule has 0 aliphatic heterocycles. The summed E-state index contributed by atoms with van der Waals surface area (Å²) in [6, 6.07) is 11.7. The van der Waals surface area contributed by atoms with Crippen molar-refractivity contribution in [1.29, 1.82) is 0 Å². The van der Waals surface area contributed by atoms with Crippen LogP contribution in [-0.4, -0.2) is 29.3 Å². The zero-order chi connectivity index (χ0) is 20.7. The molecule has 0 spiro atoms. The standard InChI is InChI=1S/C21H23Cl3N2O2/c1-3-10-25-21(28)14(2)26(13-15-8-9-18(23)19(24)11-15)20(27)12-16-6-4-5-7-17(16)22/h4-9,11,14H,3,10,12-13H2,1-2H3,(H,25,28)/t14-/m0/s1. The summed E-state index contributed by atoms with van der Waals surface area (Å²) >= 11 is 18.3. The van der Waals surface area contributed by atoms with Crippen LogP contribution in [0, 0.1) is 0 Å². The van der Waals surface area contributed by atoms with Gasteiger partial charge in [-0.15, -0.1) is 0 Å². The molecule has 0 saturated heterocycles. The molecule has 0 heterocycles. The van der Waals surface area contributed by atoms with E-state index in [9.17, 15) is 9.59 Å². The topological polar surface area (TPSA) is 49.4 Å². The van der Waals surface area contributed by atoms with Crippen LogP contribution < -0.4 is 5.32 Å². The first-order valence-electron chi connectivity index (χ1n) is 9.08. The summed E-state index contributed by atoms with van der Waals surface area (Å²) in [5.74, 6) is -0.396. The third-order valence-electron chi connectivity index (χ3n) is 4.35. The summed E-state index contributed by atoms with van der Waals surface area (Å²) in [4.78, 5) is 27.1. The Morgan fingerprint density at radius 3 is 2.39 bits per heavy atom. The second-order valence-electron chi connectivity index (χ2n) is 6.51. The molecular formula is C21H23Cl3N2O2. The highest BCUT2D eigenvalue weighted by Crippen LogP contribution is 2.24. The molecule has 0 saturated carbocycles. The van der Waals surface area contributed by atoms with Gasteiger partial charge in [0.2, 0.25) is 11.8 Å². The largest absolute Gasteiger partial charge is 0.354 e. The van der Waals surface area contributed by atoms with Crippen LogP contribution in [0.25, 0.3) is 0 Å². The predicted molar refractivity (Wildman–Crippen MR) is 115 cm³/mol. The summed E-state index contributed by atoms with van der Waals surface area (Å²) in [7, 11) is 0. The van der Waals surface area contributed by atoms with Gasteiger partial charge in [-0.25, -0.2) is 0 Å². The number of hydrogen-bond acceptors (Lipinski definition) is 2. The molecule has 1 atom stereocenters. The number of halogens is 3. The Labute approximate surface area is 180 Å². The van der Waals surface area contributed by atoms with E-state index in [4.69, 9.17) is 34.8 Å². The van der Waals surface area contributed by atoms with Gasteiger partial charge in [-0.3, -0.25) is 9.59 Å². The quantitative estimate of drug-likeness (QED) is 0.617. The number of amides is 2. The lowest BCUT2D eigenvalue weighted by Gasteiger charge is -2.29. The van der Waals surface area contributed by atoms with E-state index in [1.807, 2.05) is 19.1 Å². The fourth-order valence-electron chi connectivity index (χ4n) is 2.72. The average molecular weight is 442 g/mol. The number of hydrogen-bond donors (Lipinski definition) is 1. The molecule has 2 amide bonds. The number of carbonyl (C=O) groups is 2. The van der Waals surface area contributed by atoms with Crippen molar-refractivity contribution in [2.75, 3.05) is 6.54 Å². The van der Waals surface area contributed by atoms with Crippen LogP contribution in [0.5, 0.6) is 0 Å². The van der Waals surface area contributed by atoms with E-state index in [1.54, 1.807) is 37.3 Å². The van der Waals surface area contributed by atoms with Crippen molar-refractivity contribution >= 4 is 46.6 Å². The zero-order valence-electron chi connectivity index (χ0n) is 15.8. The van der Waals surface area contributed by atoms with E-state index >= 15 is 0 Å². The Morgan fingerprint density at radius 1 is 1.04 bits per heavy atom. The molecule has 0 aliphatic rings. The van der Waals surface area contributed by atoms with Gasteiger partial charge in [-0.2, -0.15) is 0 Å². The van der Waals surface area contributed by atoms with E-state index in [-0.39, 0.29) is 24.8 Å². The number of carbonyl (C=O) groups excluding carboxylic acids is 2. The molecule has 0 unspecified atom stereocenters. The van der Waals surface area contributed by atoms with Crippen LogP contribution in [0.1, 0.15) is 31.4 Å². The van der Waals surface area contributed by atoms with Crippen molar-refractivity contribution in [1.82, 2.24) is 10.2 Å². The highest BCUT2D eigenvalue weighted by Gasteiger charge is 2.26. The van der Waals surface area contributed by atoms with Gasteiger partial charge in [0, 0.05) is 18.1 Å². The minimum absolute atomic E-state index is 0.104. The normalized spacial score (nSPS) is 11.8. The molecule has 2 rings (SSSR count). The van der Waals surface area contributed by atoms with Crippen LogP contribution in [0.2, 0.25) is 15.1 Å². The summed E-state index contributed by atoms with van der Waals surface area (Å²) in [6.07, 6.45) is 0.922. The van der Waals surface area contributed by atoms with Crippen LogP contribution in [0.15, 0.2) is 42.5 Å². The lowest BCUT2D eigenvalue weighted by atomic mass is 10.1. The highest BCUT2D eigenvalue weighted by atomic mass is 35.5. The first kappa shape index (κ1) is 22.5. The summed E-state index contributed by atoms with van der Waals surface area (Å²) < 4.78 is 0. The van der Waals surface area contributed by atoms with Gasteiger partial charge in [0.15, 0.2) is 0 Å². The Balaban J connectivity index is 2.26. The number of nitrogens with zero attached hydrogens (tertiary/aromatic N) is 1. The van der Waals surface area contributed by atoms with Crippen molar-refractivity contribution in [3.8, 4) is 0 Å². The van der Waals surface area contributed by atoms with Gasteiger partial charge in [-0.05, 0) is 42.7 Å². The Kier molecular flexibility index (Phi) is 8.61. The van der Waals surface area contributed by atoms with Crippen LogP contribution in [-0.2, 0) is 22.6 Å². The van der Waals surface area contributed by atoms with Crippen LogP contribution in [0.4, 0.5) is 0 Å². The number of benzene rings is 2. The predicted octanol–water partition coefficient (Wildman–Crippen LogP) is 5.13. The van der Waals surface area contributed by atoms with Crippen molar-refractivity contribution in [3.05, 3.63) is 68.7 Å². The first-order valence-corrected chi connectivity index (χ1v) is 10.2. The van der Waals surface area contributed by atoms with E-state index in [0.717, 1.165) is 17.5 Å². The Hall–Kier alpha value is -1.75. The first-order chi connectivity index (χ1) is 13.3. The van der Waals surface area contributed by atoms with Gasteiger partial charge >= 0.3 is 0 Å². The monoisotopic (exact) mass is 440 g/mol. The summed E-state index contributed by atoms with van der Waals surface area (Å²) in [5.41, 5.74) is 1.51. The fourth-order valence-corrected chi connectivity index (χ4v) is 3.24. The minimum atomic E-state index is -0.643. The maximum Gasteiger partial charge on any atom is 0.242 e. The molecule has 2 aromatic carbocycles. The molecule has 150 valence electrons. The maximum absolute atomic E-state index is 13.1. The van der Waals surface area contributed by atoms with Crippen molar-refractivity contribution in [2.45, 2.75) is 39.3 Å². The van der Waals surface area contributed by atoms with E-state index < -0.39 is 6.04 Å². The molecule has 7 heteroatoms. The smallest absolute Gasteiger partial charge is 0.242 e. The molecular weight excluding hydrogens is 419 g/mol. The molecule has 0 radical (unpaired) electrons. The summed E-state index contributed by atoms with van der Waals surface area (Å²) in [5, 5.41) is 4.21. The molecule has 2 aromatic rings. The lowest BCUT2D eigenvalue weighted by Crippen LogP contribution is -2.48. The molecule has 0 bridgehead atoms. The molecule has 0 fully saturated rings. The average Bonchev–Trinajstić information content (AvgIpc) is 2.68. The second-order valence-corrected chi connectivity index (χ2v) is 7.73. The van der Waals surface area contributed by atoms with Crippen LogP contribution in [0.3, 0.4) is 0 Å². The zero-order valence-corrected chi connectivity index (χ0v) is 18.1. The molecule has 0 aliphatic carbocycles. The van der Waals surface area contributed by atoms with E-state index in [2.05, 4.69) is 5.32 Å². The SMILES string of the molecule is CCCNC(=O)[C@H](C)N(Cc1ccc(Cl)c(Cl)c1)C(=O)Cc1ccccc1Cl. The Bertz CT molecular complexity index is 842. The third kappa shape index (κ3) is 6.13. The summed E-state index contributed by atoms with van der Waals surface area (Å²) in [6.45, 7) is 4.48. The van der Waals surface area contributed by atoms with E-state index in [0.29, 0.717) is 21.6 Å². The Morgan fingerprint density at radius 2 is 1.75 bits per heavy atom. The van der Waals surface area contributed by atoms with Gasteiger partial charge in [-0.1, -0.05) is 66.0 Å². The highest BCUT2D eigenvalue weighted by molar-refractivity contribution is 6.42. The molecule has 4 nitrogen and oxygen atoms in total. The number of rotatable bonds is 8. The van der Waals surface area contributed by atoms with Gasteiger partial charge in [0.05, 0.1) is 16.5 Å². The van der Waals surface area contributed by atoms with Crippen molar-refractivity contribution in [3.63, 3.8) is 0 Å². The lowest BCUT2D eigenvalue weighted by molar-refractivity contribution is -0.140. The molecule has 1 N–H and O–H groups in total.